The molecule has 0 spiro atoms. The van der Waals surface area contributed by atoms with Crippen LogP contribution in [0, 0.1) is 5.92 Å². The molecule has 80 valence electrons. The Morgan fingerprint density at radius 1 is 1.27 bits per heavy atom. The fraction of sp³-hybridized carbons (Fsp3) is 0.429. The molecule has 15 heavy (non-hydrogen) atoms. The van der Waals surface area contributed by atoms with Gasteiger partial charge in [-0.3, -0.25) is 0 Å². The van der Waals surface area contributed by atoms with E-state index in [2.05, 4.69) is 43.1 Å². The summed E-state index contributed by atoms with van der Waals surface area (Å²) in [4.78, 5) is 0. The maximum atomic E-state index is 4.21. The quantitative estimate of drug-likeness (QED) is 0.775. The molecule has 1 N–H and O–H groups in total. The predicted octanol–water partition coefficient (Wildman–Crippen LogP) is 3.09. The molecule has 2 rings (SSSR count). The van der Waals surface area contributed by atoms with Gasteiger partial charge in [-0.15, -0.1) is 0 Å². The lowest BCUT2D eigenvalue weighted by atomic mass is 9.89. The zero-order valence-electron chi connectivity index (χ0n) is 9.37. The van der Waals surface area contributed by atoms with Gasteiger partial charge in [0, 0.05) is 6.04 Å². The maximum Gasteiger partial charge on any atom is 0.0320 e. The Bertz CT molecular complexity index is 320. The zero-order valence-corrected chi connectivity index (χ0v) is 9.37. The lowest BCUT2D eigenvalue weighted by Gasteiger charge is -2.29. The van der Waals surface area contributed by atoms with E-state index in [-0.39, 0.29) is 0 Å². The predicted molar refractivity (Wildman–Crippen MR) is 65.7 cm³/mol. The SMILES string of the molecule is C=C(c1ccccc1)[C@@H]1CC[C@@H](C)CN1. The Morgan fingerprint density at radius 2 is 2.00 bits per heavy atom. The van der Waals surface area contributed by atoms with Crippen molar-refractivity contribution in [1.29, 1.82) is 0 Å². The van der Waals surface area contributed by atoms with Crippen LogP contribution in [-0.4, -0.2) is 12.6 Å². The first-order chi connectivity index (χ1) is 7.27. The van der Waals surface area contributed by atoms with Crippen molar-refractivity contribution in [3.63, 3.8) is 0 Å². The molecule has 1 aromatic carbocycles. The van der Waals surface area contributed by atoms with Crippen LogP contribution >= 0.6 is 0 Å². The summed E-state index contributed by atoms with van der Waals surface area (Å²) in [6, 6.07) is 11.0. The van der Waals surface area contributed by atoms with Crippen molar-refractivity contribution in [1.82, 2.24) is 5.32 Å². The molecule has 0 aliphatic carbocycles. The summed E-state index contributed by atoms with van der Waals surface area (Å²) < 4.78 is 0. The Morgan fingerprint density at radius 3 is 2.60 bits per heavy atom. The van der Waals surface area contributed by atoms with Crippen LogP contribution in [0.5, 0.6) is 0 Å². The Balaban J connectivity index is 2.03. The summed E-state index contributed by atoms with van der Waals surface area (Å²) in [5, 5.41) is 3.57. The Hall–Kier alpha value is -1.08. The van der Waals surface area contributed by atoms with Crippen LogP contribution in [0.25, 0.3) is 5.57 Å². The highest BCUT2D eigenvalue weighted by Gasteiger charge is 2.19. The van der Waals surface area contributed by atoms with E-state index in [1.54, 1.807) is 0 Å². The number of piperidine rings is 1. The van der Waals surface area contributed by atoms with Crippen molar-refractivity contribution >= 4 is 5.57 Å². The average Bonchev–Trinajstić information content (AvgIpc) is 2.30. The molecule has 1 aliphatic rings. The smallest absolute Gasteiger partial charge is 0.0320 e. The van der Waals surface area contributed by atoms with E-state index in [9.17, 15) is 0 Å². The lowest BCUT2D eigenvalue weighted by Crippen LogP contribution is -2.38. The van der Waals surface area contributed by atoms with Gasteiger partial charge in [0.1, 0.15) is 0 Å². The van der Waals surface area contributed by atoms with Crippen LogP contribution in [0.1, 0.15) is 25.3 Å². The molecule has 0 amide bonds. The molecule has 1 nitrogen and oxygen atoms in total. The van der Waals surface area contributed by atoms with Gasteiger partial charge in [-0.05, 0) is 36.4 Å². The summed E-state index contributed by atoms with van der Waals surface area (Å²) in [5.74, 6) is 0.810. The third kappa shape index (κ3) is 2.48. The minimum Gasteiger partial charge on any atom is -0.310 e. The van der Waals surface area contributed by atoms with E-state index in [0.717, 1.165) is 12.5 Å². The first-order valence-electron chi connectivity index (χ1n) is 5.75. The molecule has 1 fully saturated rings. The molecular formula is C14H19N. The Kier molecular flexibility index (Phi) is 3.22. The fourth-order valence-electron chi connectivity index (χ4n) is 2.15. The minimum absolute atomic E-state index is 0.476. The van der Waals surface area contributed by atoms with E-state index in [1.807, 2.05) is 6.07 Å². The molecule has 0 unspecified atom stereocenters. The van der Waals surface area contributed by atoms with Crippen LogP contribution < -0.4 is 5.32 Å². The van der Waals surface area contributed by atoms with Crippen LogP contribution in [-0.2, 0) is 0 Å². The van der Waals surface area contributed by atoms with Gasteiger partial charge < -0.3 is 5.32 Å². The molecule has 0 saturated carbocycles. The second-order valence-electron chi connectivity index (χ2n) is 4.53. The molecular weight excluding hydrogens is 182 g/mol. The molecule has 1 aromatic rings. The largest absolute Gasteiger partial charge is 0.310 e. The van der Waals surface area contributed by atoms with Crippen molar-refractivity contribution < 1.29 is 0 Å². The molecule has 1 heteroatoms. The number of nitrogens with one attached hydrogen (secondary N) is 1. The van der Waals surface area contributed by atoms with Gasteiger partial charge in [0.2, 0.25) is 0 Å². The van der Waals surface area contributed by atoms with Crippen LogP contribution in [0.3, 0.4) is 0 Å². The molecule has 0 radical (unpaired) electrons. The summed E-state index contributed by atoms with van der Waals surface area (Å²) >= 11 is 0. The number of rotatable bonds is 2. The van der Waals surface area contributed by atoms with Crippen molar-refractivity contribution in [2.24, 2.45) is 5.92 Å². The van der Waals surface area contributed by atoms with Gasteiger partial charge >= 0.3 is 0 Å². The van der Waals surface area contributed by atoms with Gasteiger partial charge in [0.25, 0.3) is 0 Å². The highest BCUT2D eigenvalue weighted by Crippen LogP contribution is 2.24. The first-order valence-corrected chi connectivity index (χ1v) is 5.75. The summed E-state index contributed by atoms with van der Waals surface area (Å²) in [6.07, 6.45) is 2.53. The number of hydrogen-bond acceptors (Lipinski definition) is 1. The molecule has 1 aliphatic heterocycles. The van der Waals surface area contributed by atoms with E-state index in [4.69, 9.17) is 0 Å². The van der Waals surface area contributed by atoms with E-state index >= 15 is 0 Å². The highest BCUT2D eigenvalue weighted by atomic mass is 14.9. The fourth-order valence-corrected chi connectivity index (χ4v) is 2.15. The standard InChI is InChI=1S/C14H19N/c1-11-8-9-14(15-10-11)12(2)13-6-4-3-5-7-13/h3-7,11,14-15H,2,8-10H2,1H3/t11-,14+/m1/s1. The monoisotopic (exact) mass is 201 g/mol. The maximum absolute atomic E-state index is 4.21. The Labute approximate surface area is 92.2 Å². The topological polar surface area (TPSA) is 12.0 Å². The zero-order chi connectivity index (χ0) is 10.7. The van der Waals surface area contributed by atoms with Crippen molar-refractivity contribution in [3.8, 4) is 0 Å². The van der Waals surface area contributed by atoms with Crippen molar-refractivity contribution in [2.45, 2.75) is 25.8 Å². The van der Waals surface area contributed by atoms with Crippen LogP contribution in [0.4, 0.5) is 0 Å². The summed E-state index contributed by atoms with van der Waals surface area (Å²) in [7, 11) is 0. The van der Waals surface area contributed by atoms with Crippen molar-refractivity contribution in [2.75, 3.05) is 6.54 Å². The summed E-state index contributed by atoms with van der Waals surface area (Å²) in [6.45, 7) is 7.63. The third-order valence-electron chi connectivity index (χ3n) is 3.23. The second kappa shape index (κ2) is 4.63. The molecule has 0 aromatic heterocycles. The first kappa shape index (κ1) is 10.4. The highest BCUT2D eigenvalue weighted by molar-refractivity contribution is 5.67. The van der Waals surface area contributed by atoms with Gasteiger partial charge in [-0.25, -0.2) is 0 Å². The van der Waals surface area contributed by atoms with Gasteiger partial charge in [-0.2, -0.15) is 0 Å². The van der Waals surface area contributed by atoms with E-state index in [0.29, 0.717) is 6.04 Å². The van der Waals surface area contributed by atoms with Gasteiger partial charge in [-0.1, -0.05) is 43.8 Å². The van der Waals surface area contributed by atoms with Gasteiger partial charge in [0.05, 0.1) is 0 Å². The minimum atomic E-state index is 0.476. The average molecular weight is 201 g/mol. The molecule has 2 atom stereocenters. The normalized spacial score (nSPS) is 26.2. The van der Waals surface area contributed by atoms with E-state index in [1.165, 1.54) is 24.0 Å². The van der Waals surface area contributed by atoms with Crippen LogP contribution in [0.15, 0.2) is 36.9 Å². The lowest BCUT2D eigenvalue weighted by molar-refractivity contribution is 0.368. The van der Waals surface area contributed by atoms with Crippen molar-refractivity contribution in [3.05, 3.63) is 42.5 Å². The third-order valence-corrected chi connectivity index (χ3v) is 3.23. The number of benzene rings is 1. The number of hydrogen-bond donors (Lipinski definition) is 1. The van der Waals surface area contributed by atoms with Crippen LogP contribution in [0.2, 0.25) is 0 Å². The molecule has 1 heterocycles. The van der Waals surface area contributed by atoms with E-state index < -0.39 is 0 Å². The molecule has 0 bridgehead atoms. The second-order valence-corrected chi connectivity index (χ2v) is 4.53. The molecule has 1 saturated heterocycles. The van der Waals surface area contributed by atoms with Gasteiger partial charge in [0.15, 0.2) is 0 Å². The summed E-state index contributed by atoms with van der Waals surface area (Å²) in [5.41, 5.74) is 2.51.